The Bertz CT molecular complexity index is 501. The molecule has 2 aromatic rings. The van der Waals surface area contributed by atoms with Gasteiger partial charge in [0.1, 0.15) is 17.3 Å². The number of aromatic nitrogens is 3. The Balaban J connectivity index is 2.44. The molecule has 0 amide bonds. The fourth-order valence-electron chi connectivity index (χ4n) is 1.17. The number of halogens is 2. The Morgan fingerprint density at radius 3 is 2.69 bits per heavy atom. The molecule has 0 fully saturated rings. The molecule has 0 unspecified atom stereocenters. The van der Waals surface area contributed by atoms with Gasteiger partial charge < -0.3 is 5.32 Å². The van der Waals surface area contributed by atoms with Gasteiger partial charge in [0, 0.05) is 13.2 Å². The summed E-state index contributed by atoms with van der Waals surface area (Å²) in [6.45, 7) is 0. The standard InChI is InChI=1S/C10H8BrFN4/c1-13-9-7(11)5-15-10(16-9)8-3-2-6(12)4-14-8/h2-5H,1H3,(H,13,15,16). The monoisotopic (exact) mass is 282 g/mol. The van der Waals surface area contributed by atoms with Crippen LogP contribution in [0.25, 0.3) is 11.5 Å². The van der Waals surface area contributed by atoms with Gasteiger partial charge in [0.05, 0.1) is 10.7 Å². The van der Waals surface area contributed by atoms with Gasteiger partial charge in [-0.3, -0.25) is 0 Å². The zero-order valence-corrected chi connectivity index (χ0v) is 9.99. The van der Waals surface area contributed by atoms with Crippen molar-refractivity contribution in [3.63, 3.8) is 0 Å². The maximum Gasteiger partial charge on any atom is 0.180 e. The lowest BCUT2D eigenvalue weighted by molar-refractivity contribution is 0.621. The van der Waals surface area contributed by atoms with Crippen LogP contribution in [-0.4, -0.2) is 22.0 Å². The normalized spacial score (nSPS) is 10.2. The molecule has 0 aliphatic heterocycles. The number of nitrogens with one attached hydrogen (secondary N) is 1. The van der Waals surface area contributed by atoms with E-state index in [1.807, 2.05) is 0 Å². The van der Waals surface area contributed by atoms with Gasteiger partial charge in [0.2, 0.25) is 0 Å². The third-order valence-electron chi connectivity index (χ3n) is 1.94. The van der Waals surface area contributed by atoms with E-state index in [-0.39, 0.29) is 5.82 Å². The maximum atomic E-state index is 12.7. The number of pyridine rings is 1. The zero-order valence-electron chi connectivity index (χ0n) is 8.41. The summed E-state index contributed by atoms with van der Waals surface area (Å²) in [5.41, 5.74) is 0.533. The first kappa shape index (κ1) is 10.9. The second kappa shape index (κ2) is 4.52. The molecule has 0 saturated carbocycles. The molecule has 0 radical (unpaired) electrons. The van der Waals surface area contributed by atoms with Crippen LogP contribution in [0.1, 0.15) is 0 Å². The predicted octanol–water partition coefficient (Wildman–Crippen LogP) is 2.48. The van der Waals surface area contributed by atoms with Gasteiger partial charge in [-0.15, -0.1) is 0 Å². The Morgan fingerprint density at radius 2 is 2.06 bits per heavy atom. The van der Waals surface area contributed by atoms with Crippen molar-refractivity contribution in [3.8, 4) is 11.5 Å². The SMILES string of the molecule is CNc1nc(-c2ccc(F)cn2)ncc1Br. The molecule has 82 valence electrons. The number of anilines is 1. The van der Waals surface area contributed by atoms with Gasteiger partial charge in [-0.25, -0.2) is 19.3 Å². The van der Waals surface area contributed by atoms with Gasteiger partial charge in [-0.1, -0.05) is 0 Å². The van der Waals surface area contributed by atoms with Crippen LogP contribution in [0.2, 0.25) is 0 Å². The molecule has 0 aromatic carbocycles. The van der Waals surface area contributed by atoms with Crippen molar-refractivity contribution in [2.24, 2.45) is 0 Å². The second-order valence-corrected chi connectivity index (χ2v) is 3.86. The summed E-state index contributed by atoms with van der Waals surface area (Å²) in [7, 11) is 1.76. The van der Waals surface area contributed by atoms with E-state index in [9.17, 15) is 4.39 Å². The van der Waals surface area contributed by atoms with Crippen molar-refractivity contribution >= 4 is 21.7 Å². The van der Waals surface area contributed by atoms with Crippen LogP contribution in [0.3, 0.4) is 0 Å². The van der Waals surface area contributed by atoms with Gasteiger partial charge in [-0.2, -0.15) is 0 Å². The van der Waals surface area contributed by atoms with Crippen molar-refractivity contribution < 1.29 is 4.39 Å². The molecule has 1 N–H and O–H groups in total. The Hall–Kier alpha value is -1.56. The van der Waals surface area contributed by atoms with Gasteiger partial charge >= 0.3 is 0 Å². The Morgan fingerprint density at radius 1 is 1.25 bits per heavy atom. The van der Waals surface area contributed by atoms with Crippen molar-refractivity contribution in [2.75, 3.05) is 12.4 Å². The number of hydrogen-bond acceptors (Lipinski definition) is 4. The molecule has 4 nitrogen and oxygen atoms in total. The Labute approximate surface area is 100 Å². The predicted molar refractivity (Wildman–Crippen MR) is 62.5 cm³/mol. The molecule has 0 saturated heterocycles. The van der Waals surface area contributed by atoms with E-state index in [1.54, 1.807) is 13.2 Å². The van der Waals surface area contributed by atoms with Crippen molar-refractivity contribution in [2.45, 2.75) is 0 Å². The van der Waals surface area contributed by atoms with Crippen LogP contribution >= 0.6 is 15.9 Å². The summed E-state index contributed by atoms with van der Waals surface area (Å²) in [4.78, 5) is 12.3. The highest BCUT2D eigenvalue weighted by Crippen LogP contribution is 2.21. The number of rotatable bonds is 2. The number of nitrogens with zero attached hydrogens (tertiary/aromatic N) is 3. The lowest BCUT2D eigenvalue weighted by Gasteiger charge is -2.04. The van der Waals surface area contributed by atoms with E-state index in [2.05, 4.69) is 36.2 Å². The van der Waals surface area contributed by atoms with E-state index in [1.165, 1.54) is 12.1 Å². The minimum Gasteiger partial charge on any atom is -0.372 e. The van der Waals surface area contributed by atoms with Crippen LogP contribution in [-0.2, 0) is 0 Å². The van der Waals surface area contributed by atoms with E-state index >= 15 is 0 Å². The highest BCUT2D eigenvalue weighted by Gasteiger charge is 2.06. The molecule has 2 heterocycles. The summed E-state index contributed by atoms with van der Waals surface area (Å²) < 4.78 is 13.5. The highest BCUT2D eigenvalue weighted by molar-refractivity contribution is 9.10. The Kier molecular flexibility index (Phi) is 3.09. The van der Waals surface area contributed by atoms with Crippen molar-refractivity contribution in [3.05, 3.63) is 34.8 Å². The largest absolute Gasteiger partial charge is 0.372 e. The second-order valence-electron chi connectivity index (χ2n) is 3.00. The van der Waals surface area contributed by atoms with Crippen molar-refractivity contribution in [1.29, 1.82) is 0 Å². The lowest BCUT2D eigenvalue weighted by Crippen LogP contribution is -1.98. The van der Waals surface area contributed by atoms with Gasteiger partial charge in [0.15, 0.2) is 5.82 Å². The highest BCUT2D eigenvalue weighted by atomic mass is 79.9. The topological polar surface area (TPSA) is 50.7 Å². The van der Waals surface area contributed by atoms with Crippen LogP contribution in [0.4, 0.5) is 10.2 Å². The summed E-state index contributed by atoms with van der Waals surface area (Å²) in [5.74, 6) is 0.735. The fourth-order valence-corrected chi connectivity index (χ4v) is 1.56. The van der Waals surface area contributed by atoms with E-state index in [0.29, 0.717) is 17.3 Å². The first-order valence-corrected chi connectivity index (χ1v) is 5.32. The molecule has 6 heteroatoms. The summed E-state index contributed by atoms with van der Waals surface area (Å²) in [6, 6.07) is 2.87. The minimum atomic E-state index is -0.380. The van der Waals surface area contributed by atoms with E-state index in [4.69, 9.17) is 0 Å². The molecule has 0 atom stereocenters. The quantitative estimate of drug-likeness (QED) is 0.920. The third kappa shape index (κ3) is 2.16. The van der Waals surface area contributed by atoms with Gasteiger partial charge in [0.25, 0.3) is 0 Å². The molecular formula is C10H8BrFN4. The van der Waals surface area contributed by atoms with Crippen LogP contribution in [0.5, 0.6) is 0 Å². The first-order valence-electron chi connectivity index (χ1n) is 4.53. The number of hydrogen-bond donors (Lipinski definition) is 1. The van der Waals surface area contributed by atoms with Crippen LogP contribution in [0, 0.1) is 5.82 Å². The third-order valence-corrected chi connectivity index (χ3v) is 2.52. The summed E-state index contributed by atoms with van der Waals surface area (Å²) >= 11 is 3.31. The smallest absolute Gasteiger partial charge is 0.180 e. The lowest BCUT2D eigenvalue weighted by atomic mass is 10.3. The van der Waals surface area contributed by atoms with E-state index in [0.717, 1.165) is 10.7 Å². The molecule has 2 aromatic heterocycles. The van der Waals surface area contributed by atoms with Crippen LogP contribution in [0.15, 0.2) is 29.0 Å². The molecule has 0 aliphatic rings. The molecule has 2 rings (SSSR count). The minimum absolute atomic E-state index is 0.380. The van der Waals surface area contributed by atoms with Crippen LogP contribution < -0.4 is 5.32 Å². The maximum absolute atomic E-state index is 12.7. The molecule has 0 bridgehead atoms. The molecular weight excluding hydrogens is 275 g/mol. The first-order chi connectivity index (χ1) is 7.70. The van der Waals surface area contributed by atoms with Crippen molar-refractivity contribution in [1.82, 2.24) is 15.0 Å². The fraction of sp³-hybridized carbons (Fsp3) is 0.100. The van der Waals surface area contributed by atoms with Gasteiger partial charge in [-0.05, 0) is 28.1 Å². The summed E-state index contributed by atoms with van der Waals surface area (Å²) in [5, 5.41) is 2.92. The average Bonchev–Trinajstić information content (AvgIpc) is 2.31. The molecule has 0 spiro atoms. The average molecular weight is 283 g/mol. The molecule has 0 aliphatic carbocycles. The summed E-state index contributed by atoms with van der Waals surface area (Å²) in [6.07, 6.45) is 2.76. The zero-order chi connectivity index (χ0) is 11.5. The molecule has 16 heavy (non-hydrogen) atoms. The van der Waals surface area contributed by atoms with E-state index < -0.39 is 0 Å².